The second-order valence-corrected chi connectivity index (χ2v) is 8.21. The zero-order valence-electron chi connectivity index (χ0n) is 13.5. The molecule has 0 unspecified atom stereocenters. The Bertz CT molecular complexity index is 775. The van der Waals surface area contributed by atoms with Gasteiger partial charge >= 0.3 is 5.97 Å². The summed E-state index contributed by atoms with van der Waals surface area (Å²) in [4.78, 5) is 23.6. The molecule has 1 aromatic rings. The van der Waals surface area contributed by atoms with Crippen molar-refractivity contribution in [1.82, 2.24) is 5.32 Å². The van der Waals surface area contributed by atoms with Gasteiger partial charge in [-0.2, -0.15) is 0 Å². The minimum atomic E-state index is -3.07. The van der Waals surface area contributed by atoms with E-state index in [0.717, 1.165) is 0 Å². The van der Waals surface area contributed by atoms with Crippen LogP contribution in [-0.4, -0.2) is 57.7 Å². The third kappa shape index (κ3) is 4.85. The fourth-order valence-corrected chi connectivity index (χ4v) is 4.41. The molecule has 0 radical (unpaired) electrons. The maximum Gasteiger partial charge on any atom is 0.310 e. The first-order valence-corrected chi connectivity index (χ1v) is 9.77. The monoisotopic (exact) mass is 369 g/mol. The highest BCUT2D eigenvalue weighted by atomic mass is 32.2. The Hall–Kier alpha value is -2.29. The van der Waals surface area contributed by atoms with E-state index in [9.17, 15) is 18.0 Å². The van der Waals surface area contributed by atoms with Gasteiger partial charge in [-0.1, -0.05) is 6.07 Å². The molecular weight excluding hydrogens is 350 g/mol. The van der Waals surface area contributed by atoms with Gasteiger partial charge in [0, 0.05) is 6.04 Å². The van der Waals surface area contributed by atoms with Gasteiger partial charge in [0.05, 0.1) is 17.9 Å². The Balaban J connectivity index is 1.44. The molecule has 1 atom stereocenters. The minimum Gasteiger partial charge on any atom is -0.486 e. The van der Waals surface area contributed by atoms with E-state index < -0.39 is 34.4 Å². The Kier molecular flexibility index (Phi) is 5.12. The third-order valence-electron chi connectivity index (χ3n) is 3.92. The second-order valence-electron chi connectivity index (χ2n) is 5.98. The molecular formula is C16H19NO7S. The van der Waals surface area contributed by atoms with Crippen LogP contribution in [0.25, 0.3) is 0 Å². The van der Waals surface area contributed by atoms with Crippen LogP contribution >= 0.6 is 0 Å². The van der Waals surface area contributed by atoms with E-state index in [-0.39, 0.29) is 17.9 Å². The number of carbonyl (C=O) groups excluding carboxylic acids is 2. The molecule has 1 saturated heterocycles. The molecule has 2 heterocycles. The topological polar surface area (TPSA) is 108 Å². The zero-order valence-corrected chi connectivity index (χ0v) is 14.3. The first-order valence-electron chi connectivity index (χ1n) is 7.95. The van der Waals surface area contributed by atoms with Gasteiger partial charge in [0.1, 0.15) is 13.2 Å². The van der Waals surface area contributed by atoms with E-state index in [1.165, 1.54) is 0 Å². The zero-order chi connectivity index (χ0) is 17.9. The number of hydrogen-bond acceptors (Lipinski definition) is 7. The standard InChI is InChI=1S/C16H19NO7S/c18-15(17-12-3-6-25(20,21)10-12)9-24-16(19)8-11-1-2-13-14(7-11)23-5-4-22-13/h1-2,7,12H,3-6,8-10H2,(H,17,18)/t12-/m1/s1. The smallest absolute Gasteiger partial charge is 0.310 e. The highest BCUT2D eigenvalue weighted by Crippen LogP contribution is 2.30. The highest BCUT2D eigenvalue weighted by molar-refractivity contribution is 7.91. The molecule has 0 bridgehead atoms. The maximum atomic E-state index is 11.9. The van der Waals surface area contributed by atoms with Crippen molar-refractivity contribution >= 4 is 21.7 Å². The molecule has 0 aromatic heterocycles. The lowest BCUT2D eigenvalue weighted by molar-refractivity contribution is -0.148. The van der Waals surface area contributed by atoms with Crippen molar-refractivity contribution in [3.63, 3.8) is 0 Å². The summed E-state index contributed by atoms with van der Waals surface area (Å²) in [6.07, 6.45) is 0.390. The Morgan fingerprint density at radius 3 is 2.68 bits per heavy atom. The van der Waals surface area contributed by atoms with E-state index >= 15 is 0 Å². The minimum absolute atomic E-state index is 0.00171. The van der Waals surface area contributed by atoms with E-state index in [1.54, 1.807) is 18.2 Å². The average molecular weight is 369 g/mol. The van der Waals surface area contributed by atoms with Crippen molar-refractivity contribution in [2.24, 2.45) is 0 Å². The lowest BCUT2D eigenvalue weighted by Gasteiger charge is -2.18. The van der Waals surface area contributed by atoms with E-state index in [1.807, 2.05) is 0 Å². The predicted octanol–water partition coefficient (Wildman–Crippen LogP) is -0.153. The number of rotatable bonds is 5. The molecule has 1 fully saturated rings. The number of amides is 1. The molecule has 9 heteroatoms. The summed E-state index contributed by atoms with van der Waals surface area (Å²) < 4.78 is 38.5. The molecule has 0 spiro atoms. The van der Waals surface area contributed by atoms with Gasteiger partial charge in [0.2, 0.25) is 0 Å². The number of carbonyl (C=O) groups is 2. The molecule has 1 amide bonds. The molecule has 0 saturated carbocycles. The SMILES string of the molecule is O=C(COC(=O)Cc1ccc2c(c1)OCCO2)N[C@@H]1CCS(=O)(=O)C1. The van der Waals surface area contributed by atoms with Crippen molar-refractivity contribution in [2.45, 2.75) is 18.9 Å². The van der Waals surface area contributed by atoms with Gasteiger partial charge in [0.25, 0.3) is 5.91 Å². The first-order chi connectivity index (χ1) is 11.9. The molecule has 25 heavy (non-hydrogen) atoms. The van der Waals surface area contributed by atoms with Gasteiger partial charge in [-0.25, -0.2) is 8.42 Å². The molecule has 2 aliphatic rings. The van der Waals surface area contributed by atoms with E-state index in [0.29, 0.717) is 36.7 Å². The Labute approximate surface area is 145 Å². The van der Waals surface area contributed by atoms with Gasteiger partial charge in [-0.3, -0.25) is 9.59 Å². The van der Waals surface area contributed by atoms with Crippen LogP contribution in [-0.2, 0) is 30.6 Å². The number of benzene rings is 1. The molecule has 8 nitrogen and oxygen atoms in total. The maximum absolute atomic E-state index is 11.9. The largest absolute Gasteiger partial charge is 0.486 e. The van der Waals surface area contributed by atoms with Crippen LogP contribution in [0.15, 0.2) is 18.2 Å². The number of nitrogens with one attached hydrogen (secondary N) is 1. The molecule has 3 rings (SSSR count). The molecule has 1 N–H and O–H groups in total. The fourth-order valence-electron chi connectivity index (χ4n) is 2.74. The highest BCUT2D eigenvalue weighted by Gasteiger charge is 2.29. The third-order valence-corrected chi connectivity index (χ3v) is 5.68. The summed E-state index contributed by atoms with van der Waals surface area (Å²) in [5.41, 5.74) is 0.691. The number of hydrogen-bond donors (Lipinski definition) is 1. The number of ether oxygens (including phenoxy) is 3. The van der Waals surface area contributed by atoms with E-state index in [4.69, 9.17) is 14.2 Å². The van der Waals surface area contributed by atoms with Crippen LogP contribution in [0.4, 0.5) is 0 Å². The number of sulfone groups is 1. The van der Waals surface area contributed by atoms with Crippen molar-refractivity contribution in [3.8, 4) is 11.5 Å². The number of esters is 1. The molecule has 0 aliphatic carbocycles. The van der Waals surface area contributed by atoms with Gasteiger partial charge in [-0.15, -0.1) is 0 Å². The van der Waals surface area contributed by atoms with Crippen LogP contribution in [0, 0.1) is 0 Å². The van der Waals surface area contributed by atoms with E-state index in [2.05, 4.69) is 5.32 Å². The van der Waals surface area contributed by atoms with Gasteiger partial charge < -0.3 is 19.5 Å². The summed E-state index contributed by atoms with van der Waals surface area (Å²) in [6.45, 7) is 0.518. The van der Waals surface area contributed by atoms with Crippen LogP contribution in [0.5, 0.6) is 11.5 Å². The summed E-state index contributed by atoms with van der Waals surface area (Å²) in [6, 6.07) is 4.76. The van der Waals surface area contributed by atoms with Crippen molar-refractivity contribution in [2.75, 3.05) is 31.3 Å². The summed E-state index contributed by atoms with van der Waals surface area (Å²) in [5.74, 6) is 0.167. The summed E-state index contributed by atoms with van der Waals surface area (Å²) in [7, 11) is -3.07. The fraction of sp³-hybridized carbons (Fsp3) is 0.500. The second kappa shape index (κ2) is 7.30. The normalized spacial score (nSPS) is 20.7. The Morgan fingerprint density at radius 2 is 1.96 bits per heavy atom. The lowest BCUT2D eigenvalue weighted by atomic mass is 10.1. The molecule has 1 aromatic carbocycles. The molecule has 2 aliphatic heterocycles. The molecule has 136 valence electrons. The Morgan fingerprint density at radius 1 is 1.20 bits per heavy atom. The van der Waals surface area contributed by atoms with Crippen molar-refractivity contribution < 1.29 is 32.2 Å². The first kappa shape index (κ1) is 17.5. The van der Waals surface area contributed by atoms with Crippen LogP contribution in [0.2, 0.25) is 0 Å². The van der Waals surface area contributed by atoms with Crippen molar-refractivity contribution in [1.29, 1.82) is 0 Å². The van der Waals surface area contributed by atoms with Crippen molar-refractivity contribution in [3.05, 3.63) is 23.8 Å². The quantitative estimate of drug-likeness (QED) is 0.719. The van der Waals surface area contributed by atoms with Crippen LogP contribution in [0.3, 0.4) is 0 Å². The van der Waals surface area contributed by atoms with Crippen LogP contribution in [0.1, 0.15) is 12.0 Å². The summed E-state index contributed by atoms with van der Waals surface area (Å²) >= 11 is 0. The number of fused-ring (bicyclic) bond motifs is 1. The van der Waals surface area contributed by atoms with Crippen LogP contribution < -0.4 is 14.8 Å². The lowest BCUT2D eigenvalue weighted by Crippen LogP contribution is -2.38. The predicted molar refractivity (Wildman–Crippen MR) is 87.3 cm³/mol. The van der Waals surface area contributed by atoms with Gasteiger partial charge in [-0.05, 0) is 24.1 Å². The van der Waals surface area contributed by atoms with Gasteiger partial charge in [0.15, 0.2) is 27.9 Å². The summed E-state index contributed by atoms with van der Waals surface area (Å²) in [5, 5.41) is 2.56. The average Bonchev–Trinajstić information content (AvgIpc) is 2.91.